The maximum absolute atomic E-state index is 3.62. The van der Waals surface area contributed by atoms with E-state index in [1.165, 1.54) is 57.9 Å². The molecule has 1 nitrogen and oxygen atoms in total. The number of hydrogen-bond donors (Lipinski definition) is 1. The van der Waals surface area contributed by atoms with Crippen molar-refractivity contribution >= 4 is 0 Å². The second-order valence-electron chi connectivity index (χ2n) is 5.77. The Hall–Kier alpha value is -0.0400. The summed E-state index contributed by atoms with van der Waals surface area (Å²) in [4.78, 5) is 0. The summed E-state index contributed by atoms with van der Waals surface area (Å²) >= 11 is 0. The summed E-state index contributed by atoms with van der Waals surface area (Å²) in [5.74, 6) is 1.89. The van der Waals surface area contributed by atoms with Crippen LogP contribution in [0.2, 0.25) is 0 Å². The lowest BCUT2D eigenvalue weighted by atomic mass is 9.88. The molecule has 0 aromatic rings. The van der Waals surface area contributed by atoms with Crippen molar-refractivity contribution in [1.82, 2.24) is 5.32 Å². The van der Waals surface area contributed by atoms with E-state index in [4.69, 9.17) is 0 Å². The SMILES string of the molecule is CCCCC(CC)CC(C)CCNC1CC1. The minimum Gasteiger partial charge on any atom is -0.314 e. The van der Waals surface area contributed by atoms with E-state index in [-0.39, 0.29) is 0 Å². The van der Waals surface area contributed by atoms with Crippen molar-refractivity contribution in [2.24, 2.45) is 11.8 Å². The predicted octanol–water partition coefficient (Wildman–Crippen LogP) is 4.37. The van der Waals surface area contributed by atoms with E-state index in [9.17, 15) is 0 Å². The Morgan fingerprint density at radius 2 is 1.94 bits per heavy atom. The second kappa shape index (κ2) is 8.11. The lowest BCUT2D eigenvalue weighted by Gasteiger charge is -2.19. The Bertz CT molecular complexity index is 163. The van der Waals surface area contributed by atoms with Crippen LogP contribution in [0.4, 0.5) is 0 Å². The topological polar surface area (TPSA) is 12.0 Å². The van der Waals surface area contributed by atoms with Crippen LogP contribution in [-0.4, -0.2) is 12.6 Å². The van der Waals surface area contributed by atoms with Gasteiger partial charge in [0.15, 0.2) is 0 Å². The molecule has 1 heteroatoms. The Labute approximate surface area is 102 Å². The van der Waals surface area contributed by atoms with Crippen LogP contribution in [0.5, 0.6) is 0 Å². The van der Waals surface area contributed by atoms with Crippen molar-refractivity contribution in [2.75, 3.05) is 6.54 Å². The predicted molar refractivity (Wildman–Crippen MR) is 72.7 cm³/mol. The molecule has 0 saturated heterocycles. The minimum absolute atomic E-state index is 0.884. The Balaban J connectivity index is 2.01. The number of nitrogens with one attached hydrogen (secondary N) is 1. The van der Waals surface area contributed by atoms with E-state index in [0.29, 0.717) is 0 Å². The van der Waals surface area contributed by atoms with Gasteiger partial charge in [-0.25, -0.2) is 0 Å². The van der Waals surface area contributed by atoms with E-state index in [1.807, 2.05) is 0 Å². The average Bonchev–Trinajstić information content (AvgIpc) is 3.08. The number of rotatable bonds is 10. The van der Waals surface area contributed by atoms with E-state index in [2.05, 4.69) is 26.1 Å². The first kappa shape index (κ1) is 14.0. The molecule has 0 aromatic heterocycles. The normalized spacial score (nSPS) is 19.7. The van der Waals surface area contributed by atoms with Crippen molar-refractivity contribution in [3.63, 3.8) is 0 Å². The highest BCUT2D eigenvalue weighted by Gasteiger charge is 2.20. The van der Waals surface area contributed by atoms with Crippen molar-refractivity contribution in [1.29, 1.82) is 0 Å². The van der Waals surface area contributed by atoms with Gasteiger partial charge in [0.2, 0.25) is 0 Å². The van der Waals surface area contributed by atoms with Crippen molar-refractivity contribution in [2.45, 2.75) is 78.2 Å². The third-order valence-corrected chi connectivity index (χ3v) is 3.93. The van der Waals surface area contributed by atoms with Gasteiger partial charge in [0.1, 0.15) is 0 Å². The van der Waals surface area contributed by atoms with Crippen LogP contribution in [0, 0.1) is 11.8 Å². The average molecular weight is 225 g/mol. The van der Waals surface area contributed by atoms with Crippen LogP contribution in [0.3, 0.4) is 0 Å². The fraction of sp³-hybridized carbons (Fsp3) is 1.00. The summed E-state index contributed by atoms with van der Waals surface area (Å²) < 4.78 is 0. The fourth-order valence-electron chi connectivity index (χ4n) is 2.49. The summed E-state index contributed by atoms with van der Waals surface area (Å²) in [6, 6.07) is 0.884. The number of hydrogen-bond acceptors (Lipinski definition) is 1. The molecule has 0 aromatic carbocycles. The van der Waals surface area contributed by atoms with Gasteiger partial charge in [-0.3, -0.25) is 0 Å². The maximum Gasteiger partial charge on any atom is 0.00682 e. The maximum atomic E-state index is 3.62. The molecule has 16 heavy (non-hydrogen) atoms. The molecule has 0 spiro atoms. The van der Waals surface area contributed by atoms with Crippen molar-refractivity contribution in [3.05, 3.63) is 0 Å². The van der Waals surface area contributed by atoms with Gasteiger partial charge in [0.25, 0.3) is 0 Å². The molecule has 2 atom stereocenters. The molecule has 0 bridgehead atoms. The van der Waals surface area contributed by atoms with E-state index >= 15 is 0 Å². The Morgan fingerprint density at radius 3 is 2.50 bits per heavy atom. The van der Waals surface area contributed by atoms with Crippen LogP contribution in [0.25, 0.3) is 0 Å². The molecule has 0 aliphatic heterocycles. The number of unbranched alkanes of at least 4 members (excludes halogenated alkanes) is 1. The minimum atomic E-state index is 0.884. The van der Waals surface area contributed by atoms with E-state index in [1.54, 1.807) is 0 Å². The summed E-state index contributed by atoms with van der Waals surface area (Å²) in [7, 11) is 0. The highest BCUT2D eigenvalue weighted by atomic mass is 14.9. The van der Waals surface area contributed by atoms with Crippen LogP contribution in [0.1, 0.15) is 72.1 Å². The zero-order valence-electron chi connectivity index (χ0n) is 11.6. The Morgan fingerprint density at radius 1 is 1.19 bits per heavy atom. The van der Waals surface area contributed by atoms with Gasteiger partial charge in [-0.15, -0.1) is 0 Å². The molecular formula is C15H31N. The van der Waals surface area contributed by atoms with Gasteiger partial charge >= 0.3 is 0 Å². The molecule has 1 fully saturated rings. The zero-order chi connectivity index (χ0) is 11.8. The van der Waals surface area contributed by atoms with Crippen LogP contribution >= 0.6 is 0 Å². The van der Waals surface area contributed by atoms with Crippen LogP contribution < -0.4 is 5.32 Å². The van der Waals surface area contributed by atoms with Crippen molar-refractivity contribution in [3.8, 4) is 0 Å². The quantitative estimate of drug-likeness (QED) is 0.582. The molecule has 1 aliphatic rings. The molecule has 0 heterocycles. The fourth-order valence-corrected chi connectivity index (χ4v) is 2.49. The summed E-state index contributed by atoms with van der Waals surface area (Å²) in [6.07, 6.45) is 11.3. The third kappa shape index (κ3) is 6.52. The third-order valence-electron chi connectivity index (χ3n) is 3.93. The lowest BCUT2D eigenvalue weighted by molar-refractivity contribution is 0.336. The largest absolute Gasteiger partial charge is 0.314 e. The van der Waals surface area contributed by atoms with Crippen molar-refractivity contribution < 1.29 is 0 Å². The molecule has 1 N–H and O–H groups in total. The molecule has 96 valence electrons. The van der Waals surface area contributed by atoms with Crippen LogP contribution in [-0.2, 0) is 0 Å². The smallest absolute Gasteiger partial charge is 0.00682 e. The molecule has 1 aliphatic carbocycles. The Kier molecular flexibility index (Phi) is 7.11. The van der Waals surface area contributed by atoms with Gasteiger partial charge in [-0.05, 0) is 44.1 Å². The first-order valence-electron chi connectivity index (χ1n) is 7.49. The van der Waals surface area contributed by atoms with E-state index in [0.717, 1.165) is 17.9 Å². The molecule has 1 saturated carbocycles. The first-order valence-corrected chi connectivity index (χ1v) is 7.49. The van der Waals surface area contributed by atoms with Gasteiger partial charge in [0.05, 0.1) is 0 Å². The highest BCUT2D eigenvalue weighted by Crippen LogP contribution is 2.23. The van der Waals surface area contributed by atoms with Gasteiger partial charge < -0.3 is 5.32 Å². The monoisotopic (exact) mass is 225 g/mol. The summed E-state index contributed by atoms with van der Waals surface area (Å²) in [5.41, 5.74) is 0. The first-order chi connectivity index (χ1) is 7.76. The second-order valence-corrected chi connectivity index (χ2v) is 5.77. The van der Waals surface area contributed by atoms with Gasteiger partial charge in [-0.2, -0.15) is 0 Å². The van der Waals surface area contributed by atoms with Gasteiger partial charge in [0, 0.05) is 6.04 Å². The molecule has 2 unspecified atom stereocenters. The summed E-state index contributed by atoms with van der Waals surface area (Å²) in [5, 5.41) is 3.62. The van der Waals surface area contributed by atoms with E-state index < -0.39 is 0 Å². The molecular weight excluding hydrogens is 194 g/mol. The van der Waals surface area contributed by atoms with Gasteiger partial charge in [-0.1, -0.05) is 46.5 Å². The summed E-state index contributed by atoms with van der Waals surface area (Å²) in [6.45, 7) is 8.34. The highest BCUT2D eigenvalue weighted by molar-refractivity contribution is 4.80. The van der Waals surface area contributed by atoms with Crippen LogP contribution in [0.15, 0.2) is 0 Å². The molecule has 1 rings (SSSR count). The lowest BCUT2D eigenvalue weighted by Crippen LogP contribution is -2.20. The zero-order valence-corrected chi connectivity index (χ0v) is 11.6. The molecule has 0 amide bonds. The standard InChI is InChI=1S/C15H31N/c1-4-6-7-14(5-2)12-13(3)10-11-16-15-8-9-15/h13-16H,4-12H2,1-3H3. The molecule has 0 radical (unpaired) electrons.